The van der Waals surface area contributed by atoms with Crippen LogP contribution in [-0.4, -0.2) is 17.4 Å². The van der Waals surface area contributed by atoms with Crippen LogP contribution in [0.3, 0.4) is 0 Å². The van der Waals surface area contributed by atoms with Gasteiger partial charge in [-0.2, -0.15) is 0 Å². The highest BCUT2D eigenvalue weighted by atomic mass is 32.1. The molecule has 0 fully saturated rings. The lowest BCUT2D eigenvalue weighted by molar-refractivity contribution is -0.116. The zero-order valence-electron chi connectivity index (χ0n) is 12.5. The number of aromatic nitrogens is 1. The van der Waals surface area contributed by atoms with Crippen LogP contribution >= 0.6 is 11.3 Å². The van der Waals surface area contributed by atoms with Gasteiger partial charge in [-0.15, -0.1) is 11.3 Å². The van der Waals surface area contributed by atoms with Crippen molar-refractivity contribution in [2.45, 2.75) is 33.2 Å². The van der Waals surface area contributed by atoms with Gasteiger partial charge in [0.15, 0.2) is 0 Å². The van der Waals surface area contributed by atoms with Gasteiger partial charge in [-0.3, -0.25) is 4.79 Å². The standard InChI is InChI=1S/C16H19N3OS/c1-10-16(21-9-17-10)11(2)18-14-4-5-15-13(8-14)6-7-19(15)12(3)20/h4-5,8-9,11,18H,6-7H2,1-3H3. The summed E-state index contributed by atoms with van der Waals surface area (Å²) < 4.78 is 0. The van der Waals surface area contributed by atoms with E-state index in [0.717, 1.165) is 30.0 Å². The summed E-state index contributed by atoms with van der Waals surface area (Å²) in [5.41, 5.74) is 6.36. The van der Waals surface area contributed by atoms with Gasteiger partial charge in [-0.1, -0.05) is 0 Å². The first-order valence-electron chi connectivity index (χ1n) is 7.14. The van der Waals surface area contributed by atoms with Crippen LogP contribution in [0.1, 0.15) is 36.0 Å². The fraction of sp³-hybridized carbons (Fsp3) is 0.375. The summed E-state index contributed by atoms with van der Waals surface area (Å²) in [5.74, 6) is 0.114. The van der Waals surface area contributed by atoms with Gasteiger partial charge in [-0.05, 0) is 44.0 Å². The van der Waals surface area contributed by atoms with E-state index in [1.165, 1.54) is 10.4 Å². The number of fused-ring (bicyclic) bond motifs is 1. The first-order valence-corrected chi connectivity index (χ1v) is 8.02. The Kier molecular flexibility index (Phi) is 3.68. The molecular weight excluding hydrogens is 282 g/mol. The number of carbonyl (C=O) groups is 1. The van der Waals surface area contributed by atoms with Crippen LogP contribution in [0.25, 0.3) is 0 Å². The smallest absolute Gasteiger partial charge is 0.223 e. The Morgan fingerprint density at radius 1 is 1.48 bits per heavy atom. The van der Waals surface area contributed by atoms with Crippen molar-refractivity contribution in [1.29, 1.82) is 0 Å². The summed E-state index contributed by atoms with van der Waals surface area (Å²) in [6.45, 7) is 6.60. The van der Waals surface area contributed by atoms with Crippen molar-refractivity contribution in [2.75, 3.05) is 16.8 Å². The van der Waals surface area contributed by atoms with Crippen molar-refractivity contribution in [3.8, 4) is 0 Å². The summed E-state index contributed by atoms with van der Waals surface area (Å²) in [4.78, 5) is 19.0. The molecule has 1 aromatic carbocycles. The minimum absolute atomic E-state index is 0.114. The molecule has 1 amide bonds. The molecule has 21 heavy (non-hydrogen) atoms. The molecule has 1 atom stereocenters. The Bertz CT molecular complexity index is 680. The monoisotopic (exact) mass is 301 g/mol. The molecule has 4 nitrogen and oxygen atoms in total. The van der Waals surface area contributed by atoms with E-state index in [4.69, 9.17) is 0 Å². The molecule has 0 bridgehead atoms. The molecule has 1 N–H and O–H groups in total. The third-order valence-electron chi connectivity index (χ3n) is 3.91. The molecule has 0 spiro atoms. The molecule has 0 saturated heterocycles. The first kappa shape index (κ1) is 14.1. The molecule has 1 aromatic heterocycles. The van der Waals surface area contributed by atoms with Gasteiger partial charge in [0.1, 0.15) is 0 Å². The molecule has 110 valence electrons. The summed E-state index contributed by atoms with van der Waals surface area (Å²) in [5, 5.41) is 3.53. The predicted octanol–water partition coefficient (Wildman–Crippen LogP) is 3.53. The summed E-state index contributed by atoms with van der Waals surface area (Å²) in [6, 6.07) is 6.48. The van der Waals surface area contributed by atoms with Crippen LogP contribution in [-0.2, 0) is 11.2 Å². The molecule has 1 unspecified atom stereocenters. The van der Waals surface area contributed by atoms with Crippen molar-refractivity contribution in [2.24, 2.45) is 0 Å². The summed E-state index contributed by atoms with van der Waals surface area (Å²) >= 11 is 1.68. The van der Waals surface area contributed by atoms with E-state index in [1.54, 1.807) is 18.3 Å². The van der Waals surface area contributed by atoms with Gasteiger partial charge in [0, 0.05) is 29.7 Å². The zero-order chi connectivity index (χ0) is 15.0. The van der Waals surface area contributed by atoms with Crippen molar-refractivity contribution in [3.63, 3.8) is 0 Å². The second-order valence-electron chi connectivity index (χ2n) is 5.43. The van der Waals surface area contributed by atoms with E-state index in [9.17, 15) is 4.79 Å². The molecule has 2 aromatic rings. The summed E-state index contributed by atoms with van der Waals surface area (Å²) in [7, 11) is 0. The topological polar surface area (TPSA) is 45.2 Å². The lowest BCUT2D eigenvalue weighted by Gasteiger charge is -2.17. The number of hydrogen-bond acceptors (Lipinski definition) is 4. The first-order chi connectivity index (χ1) is 10.1. The Morgan fingerprint density at radius 2 is 2.29 bits per heavy atom. The van der Waals surface area contributed by atoms with Crippen molar-refractivity contribution in [3.05, 3.63) is 39.8 Å². The largest absolute Gasteiger partial charge is 0.378 e. The number of thiazole rings is 1. The highest BCUT2D eigenvalue weighted by molar-refractivity contribution is 7.09. The molecule has 0 radical (unpaired) electrons. The highest BCUT2D eigenvalue weighted by Crippen LogP contribution is 2.32. The molecule has 2 heterocycles. The third kappa shape index (κ3) is 2.65. The van der Waals surface area contributed by atoms with Crippen LogP contribution in [0.2, 0.25) is 0 Å². The molecule has 0 saturated carbocycles. The Labute approximate surface area is 128 Å². The number of nitrogens with one attached hydrogen (secondary N) is 1. The lowest BCUT2D eigenvalue weighted by Crippen LogP contribution is -2.25. The molecular formula is C16H19N3OS. The van der Waals surface area contributed by atoms with Crippen LogP contribution in [0.5, 0.6) is 0 Å². The van der Waals surface area contributed by atoms with Crippen LogP contribution in [0.15, 0.2) is 23.7 Å². The lowest BCUT2D eigenvalue weighted by atomic mass is 10.1. The van der Waals surface area contributed by atoms with E-state index in [1.807, 2.05) is 29.5 Å². The average molecular weight is 301 g/mol. The number of hydrogen-bond donors (Lipinski definition) is 1. The zero-order valence-corrected chi connectivity index (χ0v) is 13.3. The van der Waals surface area contributed by atoms with E-state index in [2.05, 4.69) is 23.3 Å². The van der Waals surface area contributed by atoms with Gasteiger partial charge in [0.05, 0.1) is 17.2 Å². The van der Waals surface area contributed by atoms with Crippen molar-refractivity contribution < 1.29 is 4.79 Å². The van der Waals surface area contributed by atoms with E-state index < -0.39 is 0 Å². The quantitative estimate of drug-likeness (QED) is 0.943. The van der Waals surface area contributed by atoms with Crippen LogP contribution in [0, 0.1) is 6.92 Å². The fourth-order valence-corrected chi connectivity index (χ4v) is 3.67. The maximum Gasteiger partial charge on any atom is 0.223 e. The summed E-state index contributed by atoms with van der Waals surface area (Å²) in [6.07, 6.45) is 0.929. The maximum atomic E-state index is 11.6. The second kappa shape index (κ2) is 5.48. The number of rotatable bonds is 3. The SMILES string of the molecule is CC(=O)N1CCc2cc(NC(C)c3scnc3C)ccc21. The van der Waals surface area contributed by atoms with Gasteiger partial charge in [-0.25, -0.2) is 4.98 Å². The highest BCUT2D eigenvalue weighted by Gasteiger charge is 2.22. The Hall–Kier alpha value is -1.88. The third-order valence-corrected chi connectivity index (χ3v) is 5.03. The molecule has 0 aliphatic carbocycles. The van der Waals surface area contributed by atoms with Crippen molar-refractivity contribution in [1.82, 2.24) is 4.98 Å². The molecule has 1 aliphatic heterocycles. The van der Waals surface area contributed by atoms with Gasteiger partial charge in [0.25, 0.3) is 0 Å². The van der Waals surface area contributed by atoms with E-state index >= 15 is 0 Å². The maximum absolute atomic E-state index is 11.6. The number of nitrogens with zero attached hydrogens (tertiary/aromatic N) is 2. The van der Waals surface area contributed by atoms with Gasteiger partial charge < -0.3 is 10.2 Å². The fourth-order valence-electron chi connectivity index (χ4n) is 2.86. The average Bonchev–Trinajstić information content (AvgIpc) is 3.04. The Balaban J connectivity index is 1.79. The number of amides is 1. The number of aryl methyl sites for hydroxylation is 1. The van der Waals surface area contributed by atoms with E-state index in [-0.39, 0.29) is 11.9 Å². The number of benzene rings is 1. The second-order valence-corrected chi connectivity index (χ2v) is 6.32. The molecule has 3 rings (SSSR count). The number of carbonyl (C=O) groups excluding carboxylic acids is 1. The van der Waals surface area contributed by atoms with Gasteiger partial charge >= 0.3 is 0 Å². The molecule has 5 heteroatoms. The van der Waals surface area contributed by atoms with Crippen LogP contribution in [0.4, 0.5) is 11.4 Å². The predicted molar refractivity (Wildman–Crippen MR) is 87.1 cm³/mol. The Morgan fingerprint density at radius 3 is 2.95 bits per heavy atom. The van der Waals surface area contributed by atoms with Gasteiger partial charge in [0.2, 0.25) is 5.91 Å². The van der Waals surface area contributed by atoms with Crippen molar-refractivity contribution >= 4 is 28.6 Å². The minimum Gasteiger partial charge on any atom is -0.378 e. The van der Waals surface area contributed by atoms with Crippen LogP contribution < -0.4 is 10.2 Å². The normalized spacial score (nSPS) is 14.9. The number of anilines is 2. The minimum atomic E-state index is 0.114. The molecule has 1 aliphatic rings. The van der Waals surface area contributed by atoms with E-state index in [0.29, 0.717) is 0 Å².